The molecular formula is C16H28N2O3. The van der Waals surface area contributed by atoms with Crippen LogP contribution >= 0.6 is 0 Å². The summed E-state index contributed by atoms with van der Waals surface area (Å²) in [5.74, 6) is -0.530. The van der Waals surface area contributed by atoms with Crippen molar-refractivity contribution in [3.8, 4) is 0 Å². The number of carbonyl (C=O) groups excluding carboxylic acids is 1. The topological polar surface area (TPSA) is 92.4 Å². The standard InChI is InChI=1S/C16H28N2O3/c17-9-11-5-1-3-7-13(11)15(19)18-10-12-6-2-4-8-14(12)16(20)21/h11-14H,1-10,17H2,(H,18,19)(H,20,21). The summed E-state index contributed by atoms with van der Waals surface area (Å²) < 4.78 is 0. The van der Waals surface area contributed by atoms with Crippen LogP contribution in [-0.4, -0.2) is 30.1 Å². The minimum atomic E-state index is -0.716. The fraction of sp³-hybridized carbons (Fsp3) is 0.875. The Balaban J connectivity index is 1.85. The lowest BCUT2D eigenvalue weighted by Crippen LogP contribution is -2.43. The van der Waals surface area contributed by atoms with E-state index in [0.29, 0.717) is 19.0 Å². The molecule has 2 aliphatic carbocycles. The number of rotatable bonds is 5. The molecule has 4 atom stereocenters. The summed E-state index contributed by atoms with van der Waals surface area (Å²) >= 11 is 0. The Kier molecular flexibility index (Phi) is 6.03. The first-order chi connectivity index (χ1) is 10.1. The number of carboxylic acids is 1. The van der Waals surface area contributed by atoms with Crippen LogP contribution < -0.4 is 11.1 Å². The molecule has 21 heavy (non-hydrogen) atoms. The normalized spacial score (nSPS) is 33.4. The average molecular weight is 296 g/mol. The van der Waals surface area contributed by atoms with Gasteiger partial charge in [0.25, 0.3) is 0 Å². The summed E-state index contributed by atoms with van der Waals surface area (Å²) in [6, 6.07) is 0. The molecule has 5 nitrogen and oxygen atoms in total. The first kappa shape index (κ1) is 16.3. The number of hydrogen-bond acceptors (Lipinski definition) is 3. The molecule has 0 radical (unpaired) electrons. The Bertz CT molecular complexity index is 373. The van der Waals surface area contributed by atoms with Gasteiger partial charge in [-0.3, -0.25) is 9.59 Å². The number of amides is 1. The van der Waals surface area contributed by atoms with Gasteiger partial charge in [-0.05, 0) is 44.1 Å². The molecule has 2 saturated carbocycles. The van der Waals surface area contributed by atoms with Crippen LogP contribution in [0.2, 0.25) is 0 Å². The van der Waals surface area contributed by atoms with Gasteiger partial charge in [-0.25, -0.2) is 0 Å². The smallest absolute Gasteiger partial charge is 0.306 e. The summed E-state index contributed by atoms with van der Waals surface area (Å²) in [6.45, 7) is 1.07. The average Bonchev–Trinajstić information content (AvgIpc) is 2.52. The van der Waals surface area contributed by atoms with Gasteiger partial charge in [-0.15, -0.1) is 0 Å². The van der Waals surface area contributed by atoms with Gasteiger partial charge in [-0.1, -0.05) is 25.7 Å². The number of carbonyl (C=O) groups is 2. The van der Waals surface area contributed by atoms with Crippen LogP contribution in [0.4, 0.5) is 0 Å². The van der Waals surface area contributed by atoms with Crippen LogP contribution in [0.15, 0.2) is 0 Å². The number of carboxylic acid groups (broad SMARTS) is 1. The second kappa shape index (κ2) is 7.78. The Labute approximate surface area is 126 Å². The lowest BCUT2D eigenvalue weighted by Gasteiger charge is -2.32. The molecule has 2 aliphatic rings. The van der Waals surface area contributed by atoms with Crippen molar-refractivity contribution in [2.24, 2.45) is 29.4 Å². The fourth-order valence-corrected chi connectivity index (χ4v) is 3.97. The number of hydrogen-bond donors (Lipinski definition) is 3. The van der Waals surface area contributed by atoms with Crippen LogP contribution in [0, 0.1) is 23.7 Å². The summed E-state index contributed by atoms with van der Waals surface area (Å²) in [4.78, 5) is 23.7. The van der Waals surface area contributed by atoms with Gasteiger partial charge in [0.05, 0.1) is 5.92 Å². The number of nitrogens with two attached hydrogens (primary N) is 1. The van der Waals surface area contributed by atoms with Crippen molar-refractivity contribution in [3.63, 3.8) is 0 Å². The van der Waals surface area contributed by atoms with E-state index in [1.54, 1.807) is 0 Å². The van der Waals surface area contributed by atoms with Crippen molar-refractivity contribution in [2.45, 2.75) is 51.4 Å². The predicted octanol–water partition coefficient (Wildman–Crippen LogP) is 1.76. The molecule has 1 amide bonds. The maximum absolute atomic E-state index is 12.4. The van der Waals surface area contributed by atoms with Crippen molar-refractivity contribution >= 4 is 11.9 Å². The third kappa shape index (κ3) is 4.19. The van der Waals surface area contributed by atoms with Crippen molar-refractivity contribution in [3.05, 3.63) is 0 Å². The monoisotopic (exact) mass is 296 g/mol. The van der Waals surface area contributed by atoms with Gasteiger partial charge in [0, 0.05) is 12.5 Å². The molecule has 0 aromatic carbocycles. The predicted molar refractivity (Wildman–Crippen MR) is 80.6 cm³/mol. The molecule has 0 aromatic rings. The van der Waals surface area contributed by atoms with E-state index in [4.69, 9.17) is 5.73 Å². The van der Waals surface area contributed by atoms with Gasteiger partial charge < -0.3 is 16.2 Å². The first-order valence-corrected chi connectivity index (χ1v) is 8.34. The van der Waals surface area contributed by atoms with Crippen LogP contribution in [0.25, 0.3) is 0 Å². The SMILES string of the molecule is NCC1CCCCC1C(=O)NCC1CCCCC1C(=O)O. The maximum atomic E-state index is 12.4. The molecular weight excluding hydrogens is 268 g/mol. The molecule has 2 fully saturated rings. The van der Waals surface area contributed by atoms with Crippen molar-refractivity contribution in [2.75, 3.05) is 13.1 Å². The van der Waals surface area contributed by atoms with E-state index in [1.807, 2.05) is 0 Å². The number of aliphatic carboxylic acids is 1. The summed E-state index contributed by atoms with van der Waals surface area (Å²) in [5, 5.41) is 12.3. The quantitative estimate of drug-likeness (QED) is 0.720. The Morgan fingerprint density at radius 3 is 2.14 bits per heavy atom. The molecule has 2 rings (SSSR count). The lowest BCUT2D eigenvalue weighted by atomic mass is 9.77. The fourth-order valence-electron chi connectivity index (χ4n) is 3.97. The van der Waals surface area contributed by atoms with E-state index in [1.165, 1.54) is 0 Å². The maximum Gasteiger partial charge on any atom is 0.306 e. The van der Waals surface area contributed by atoms with Crippen molar-refractivity contribution < 1.29 is 14.7 Å². The molecule has 120 valence electrons. The minimum absolute atomic E-state index is 0.0237. The van der Waals surface area contributed by atoms with Crippen LogP contribution in [0.1, 0.15) is 51.4 Å². The largest absolute Gasteiger partial charge is 0.481 e. The van der Waals surface area contributed by atoms with Gasteiger partial charge >= 0.3 is 5.97 Å². The Morgan fingerprint density at radius 2 is 1.52 bits per heavy atom. The van der Waals surface area contributed by atoms with Crippen LogP contribution in [-0.2, 0) is 9.59 Å². The van der Waals surface area contributed by atoms with Crippen molar-refractivity contribution in [1.29, 1.82) is 0 Å². The molecule has 0 aromatic heterocycles. The van der Waals surface area contributed by atoms with E-state index in [2.05, 4.69) is 5.32 Å². The van der Waals surface area contributed by atoms with Crippen LogP contribution in [0.3, 0.4) is 0 Å². The third-order valence-corrected chi connectivity index (χ3v) is 5.31. The molecule has 0 saturated heterocycles. The zero-order valence-corrected chi connectivity index (χ0v) is 12.7. The Morgan fingerprint density at radius 1 is 0.952 bits per heavy atom. The molecule has 4 N–H and O–H groups in total. The third-order valence-electron chi connectivity index (χ3n) is 5.31. The van der Waals surface area contributed by atoms with Crippen LogP contribution in [0.5, 0.6) is 0 Å². The molecule has 0 bridgehead atoms. The molecule has 4 unspecified atom stereocenters. The highest BCUT2D eigenvalue weighted by Gasteiger charge is 2.33. The van der Waals surface area contributed by atoms with E-state index < -0.39 is 5.97 Å². The van der Waals surface area contributed by atoms with Gasteiger partial charge in [0.1, 0.15) is 0 Å². The highest BCUT2D eigenvalue weighted by molar-refractivity contribution is 5.79. The molecule has 0 heterocycles. The highest BCUT2D eigenvalue weighted by atomic mass is 16.4. The summed E-state index contributed by atoms with van der Waals surface area (Å²) in [6.07, 6.45) is 7.91. The van der Waals surface area contributed by atoms with Crippen molar-refractivity contribution in [1.82, 2.24) is 5.32 Å². The zero-order chi connectivity index (χ0) is 15.2. The van der Waals surface area contributed by atoms with E-state index in [-0.39, 0.29) is 23.7 Å². The zero-order valence-electron chi connectivity index (χ0n) is 12.7. The molecule has 0 spiro atoms. The van der Waals surface area contributed by atoms with Gasteiger partial charge in [-0.2, -0.15) is 0 Å². The minimum Gasteiger partial charge on any atom is -0.481 e. The molecule has 5 heteroatoms. The summed E-state index contributed by atoms with van der Waals surface area (Å²) in [5.41, 5.74) is 5.77. The first-order valence-electron chi connectivity index (χ1n) is 8.34. The van der Waals surface area contributed by atoms with E-state index in [9.17, 15) is 14.7 Å². The summed E-state index contributed by atoms with van der Waals surface area (Å²) in [7, 11) is 0. The van der Waals surface area contributed by atoms with E-state index in [0.717, 1.165) is 51.4 Å². The number of nitrogens with one attached hydrogen (secondary N) is 1. The lowest BCUT2D eigenvalue weighted by molar-refractivity contribution is -0.145. The molecule has 0 aliphatic heterocycles. The van der Waals surface area contributed by atoms with E-state index >= 15 is 0 Å². The second-order valence-electron chi connectivity index (χ2n) is 6.62. The highest BCUT2D eigenvalue weighted by Crippen LogP contribution is 2.31. The van der Waals surface area contributed by atoms with Gasteiger partial charge in [0.15, 0.2) is 0 Å². The Hall–Kier alpha value is -1.10. The van der Waals surface area contributed by atoms with Gasteiger partial charge in [0.2, 0.25) is 5.91 Å². The second-order valence-corrected chi connectivity index (χ2v) is 6.62.